The quantitative estimate of drug-likeness (QED) is 0.825. The van der Waals surface area contributed by atoms with Gasteiger partial charge in [-0.15, -0.1) is 0 Å². The minimum absolute atomic E-state index is 0.210. The SMILES string of the molecule is CCOC(=O)c1ccc(OCC(=O)Nc2ccccc2C#N)cc1. The van der Waals surface area contributed by atoms with Gasteiger partial charge in [0.15, 0.2) is 6.61 Å². The van der Waals surface area contributed by atoms with Crippen LogP contribution >= 0.6 is 0 Å². The second-order valence-corrected chi connectivity index (χ2v) is 4.74. The third kappa shape index (κ3) is 4.58. The predicted octanol–water partition coefficient (Wildman–Crippen LogP) is 2.75. The zero-order chi connectivity index (χ0) is 17.4. The lowest BCUT2D eigenvalue weighted by Crippen LogP contribution is -2.20. The normalized spacial score (nSPS) is 9.67. The molecule has 0 radical (unpaired) electrons. The molecule has 2 aromatic carbocycles. The first-order valence-electron chi connectivity index (χ1n) is 7.33. The summed E-state index contributed by atoms with van der Waals surface area (Å²) in [6.45, 7) is 1.83. The number of hydrogen-bond donors (Lipinski definition) is 1. The molecule has 0 aromatic heterocycles. The first-order chi connectivity index (χ1) is 11.6. The molecule has 0 atom stereocenters. The van der Waals surface area contributed by atoms with Crippen LogP contribution < -0.4 is 10.1 Å². The van der Waals surface area contributed by atoms with Crippen LogP contribution in [-0.2, 0) is 9.53 Å². The van der Waals surface area contributed by atoms with E-state index in [-0.39, 0.29) is 12.5 Å². The van der Waals surface area contributed by atoms with Gasteiger partial charge < -0.3 is 14.8 Å². The summed E-state index contributed by atoms with van der Waals surface area (Å²) >= 11 is 0. The third-order valence-corrected chi connectivity index (χ3v) is 3.06. The Labute approximate surface area is 139 Å². The molecule has 2 aromatic rings. The van der Waals surface area contributed by atoms with E-state index in [2.05, 4.69) is 5.32 Å². The van der Waals surface area contributed by atoms with Gasteiger partial charge in [0.05, 0.1) is 23.4 Å². The van der Waals surface area contributed by atoms with Gasteiger partial charge in [-0.3, -0.25) is 4.79 Å². The molecule has 1 N–H and O–H groups in total. The molecule has 6 heteroatoms. The highest BCUT2D eigenvalue weighted by Gasteiger charge is 2.09. The smallest absolute Gasteiger partial charge is 0.338 e. The summed E-state index contributed by atoms with van der Waals surface area (Å²) in [5, 5.41) is 11.6. The molecule has 0 aliphatic carbocycles. The number of esters is 1. The van der Waals surface area contributed by atoms with Gasteiger partial charge in [-0.2, -0.15) is 5.26 Å². The van der Waals surface area contributed by atoms with E-state index in [1.54, 1.807) is 55.5 Å². The Morgan fingerprint density at radius 2 is 1.83 bits per heavy atom. The average Bonchev–Trinajstić information content (AvgIpc) is 2.61. The number of ether oxygens (including phenoxy) is 2. The lowest BCUT2D eigenvalue weighted by molar-refractivity contribution is -0.118. The Morgan fingerprint density at radius 1 is 1.12 bits per heavy atom. The number of nitrogens with zero attached hydrogens (tertiary/aromatic N) is 1. The molecule has 0 fully saturated rings. The van der Waals surface area contributed by atoms with Crippen molar-refractivity contribution in [1.82, 2.24) is 0 Å². The van der Waals surface area contributed by atoms with Crippen molar-refractivity contribution in [2.45, 2.75) is 6.92 Å². The van der Waals surface area contributed by atoms with E-state index in [0.29, 0.717) is 29.2 Å². The zero-order valence-corrected chi connectivity index (χ0v) is 13.1. The van der Waals surface area contributed by atoms with Gasteiger partial charge in [-0.05, 0) is 43.3 Å². The molecule has 0 saturated heterocycles. The number of nitriles is 1. The number of para-hydroxylation sites is 1. The molecule has 0 unspecified atom stereocenters. The summed E-state index contributed by atoms with van der Waals surface area (Å²) in [6.07, 6.45) is 0. The molecule has 24 heavy (non-hydrogen) atoms. The van der Waals surface area contributed by atoms with Gasteiger partial charge >= 0.3 is 5.97 Å². The van der Waals surface area contributed by atoms with Crippen molar-refractivity contribution in [3.8, 4) is 11.8 Å². The monoisotopic (exact) mass is 324 g/mol. The fourth-order valence-electron chi connectivity index (χ4n) is 1.93. The van der Waals surface area contributed by atoms with E-state index in [9.17, 15) is 9.59 Å². The first kappa shape index (κ1) is 17.0. The van der Waals surface area contributed by atoms with E-state index in [0.717, 1.165) is 0 Å². The van der Waals surface area contributed by atoms with Crippen LogP contribution in [0, 0.1) is 11.3 Å². The number of carbonyl (C=O) groups is 2. The molecule has 122 valence electrons. The molecule has 0 bridgehead atoms. The van der Waals surface area contributed by atoms with Crippen LogP contribution in [0.4, 0.5) is 5.69 Å². The van der Waals surface area contributed by atoms with Gasteiger partial charge in [0, 0.05) is 0 Å². The Kier molecular flexibility index (Phi) is 5.92. The van der Waals surface area contributed by atoms with E-state index in [1.165, 1.54) is 0 Å². The summed E-state index contributed by atoms with van der Waals surface area (Å²) in [7, 11) is 0. The minimum Gasteiger partial charge on any atom is -0.484 e. The molecular weight excluding hydrogens is 308 g/mol. The van der Waals surface area contributed by atoms with Crippen LogP contribution in [0.2, 0.25) is 0 Å². The van der Waals surface area contributed by atoms with E-state index in [4.69, 9.17) is 14.7 Å². The zero-order valence-electron chi connectivity index (χ0n) is 13.1. The molecule has 0 saturated carbocycles. The Morgan fingerprint density at radius 3 is 2.50 bits per heavy atom. The molecule has 0 heterocycles. The molecule has 1 amide bonds. The molecule has 0 aliphatic heterocycles. The summed E-state index contributed by atoms with van der Waals surface area (Å²) in [5.74, 6) is -0.339. The van der Waals surface area contributed by atoms with Crippen molar-refractivity contribution in [2.75, 3.05) is 18.5 Å². The lowest BCUT2D eigenvalue weighted by Gasteiger charge is -2.09. The number of anilines is 1. The molecular formula is C18H16N2O4. The summed E-state index contributed by atoms with van der Waals surface area (Å²) in [4.78, 5) is 23.4. The van der Waals surface area contributed by atoms with Gasteiger partial charge in [0.25, 0.3) is 5.91 Å². The van der Waals surface area contributed by atoms with Gasteiger partial charge in [0.2, 0.25) is 0 Å². The van der Waals surface area contributed by atoms with Crippen LogP contribution in [0.5, 0.6) is 5.75 Å². The fourth-order valence-corrected chi connectivity index (χ4v) is 1.93. The summed E-state index contributed by atoms with van der Waals surface area (Å²) in [6, 6.07) is 15.0. The maximum absolute atomic E-state index is 11.9. The highest BCUT2D eigenvalue weighted by molar-refractivity contribution is 5.93. The minimum atomic E-state index is -0.407. The number of rotatable bonds is 6. The summed E-state index contributed by atoms with van der Waals surface area (Å²) in [5.41, 5.74) is 1.23. The molecule has 0 aliphatic rings. The van der Waals surface area contributed by atoms with Crippen molar-refractivity contribution in [3.05, 3.63) is 59.7 Å². The number of hydrogen-bond acceptors (Lipinski definition) is 5. The van der Waals surface area contributed by atoms with Crippen molar-refractivity contribution in [3.63, 3.8) is 0 Å². The number of nitrogens with one attached hydrogen (secondary N) is 1. The second kappa shape index (κ2) is 8.34. The molecule has 0 spiro atoms. The van der Waals surface area contributed by atoms with E-state index >= 15 is 0 Å². The van der Waals surface area contributed by atoms with Gasteiger partial charge in [0.1, 0.15) is 11.8 Å². The van der Waals surface area contributed by atoms with Crippen molar-refractivity contribution in [1.29, 1.82) is 5.26 Å². The lowest BCUT2D eigenvalue weighted by atomic mass is 10.2. The van der Waals surface area contributed by atoms with Gasteiger partial charge in [-0.25, -0.2) is 4.79 Å². The fraction of sp³-hybridized carbons (Fsp3) is 0.167. The van der Waals surface area contributed by atoms with Crippen LogP contribution in [0.3, 0.4) is 0 Å². The maximum atomic E-state index is 11.9. The highest BCUT2D eigenvalue weighted by Crippen LogP contribution is 2.15. The third-order valence-electron chi connectivity index (χ3n) is 3.06. The van der Waals surface area contributed by atoms with Gasteiger partial charge in [-0.1, -0.05) is 12.1 Å². The largest absolute Gasteiger partial charge is 0.484 e. The molecule has 2 rings (SSSR count). The standard InChI is InChI=1S/C18H16N2O4/c1-2-23-18(22)13-7-9-15(10-8-13)24-12-17(21)20-16-6-4-3-5-14(16)11-19/h3-10H,2,12H2,1H3,(H,20,21). The van der Waals surface area contributed by atoms with Crippen LogP contribution in [0.15, 0.2) is 48.5 Å². The van der Waals surface area contributed by atoms with E-state index < -0.39 is 5.97 Å². The number of amides is 1. The Bertz CT molecular complexity index is 763. The van der Waals surface area contributed by atoms with Crippen molar-refractivity contribution >= 4 is 17.6 Å². The number of benzene rings is 2. The highest BCUT2D eigenvalue weighted by atomic mass is 16.5. The topological polar surface area (TPSA) is 88.4 Å². The van der Waals surface area contributed by atoms with Crippen LogP contribution in [-0.4, -0.2) is 25.1 Å². The number of carbonyl (C=O) groups excluding carboxylic acids is 2. The first-order valence-corrected chi connectivity index (χ1v) is 7.33. The average molecular weight is 324 g/mol. The molecule has 6 nitrogen and oxygen atoms in total. The predicted molar refractivity (Wildman–Crippen MR) is 87.7 cm³/mol. The summed E-state index contributed by atoms with van der Waals surface area (Å²) < 4.78 is 10.2. The van der Waals surface area contributed by atoms with Crippen molar-refractivity contribution in [2.24, 2.45) is 0 Å². The van der Waals surface area contributed by atoms with Crippen LogP contribution in [0.25, 0.3) is 0 Å². The van der Waals surface area contributed by atoms with Crippen LogP contribution in [0.1, 0.15) is 22.8 Å². The second-order valence-electron chi connectivity index (χ2n) is 4.74. The Balaban J connectivity index is 1.90. The Hall–Kier alpha value is -3.33. The van der Waals surface area contributed by atoms with Crippen molar-refractivity contribution < 1.29 is 19.1 Å². The van der Waals surface area contributed by atoms with E-state index in [1.807, 2.05) is 6.07 Å². The maximum Gasteiger partial charge on any atom is 0.338 e.